The average molecular weight is 426 g/mol. The molecule has 1 aromatic heterocycles. The molecule has 0 aliphatic carbocycles. The molecule has 3 rings (SSSR count). The topological polar surface area (TPSA) is 64.0 Å². The molecule has 5 nitrogen and oxygen atoms in total. The lowest BCUT2D eigenvalue weighted by Crippen LogP contribution is -2.28. The summed E-state index contributed by atoms with van der Waals surface area (Å²) in [6.07, 6.45) is -3.46. The van der Waals surface area contributed by atoms with Crippen molar-refractivity contribution >= 4 is 38.6 Å². The van der Waals surface area contributed by atoms with Gasteiger partial charge in [0, 0.05) is 10.2 Å². The fourth-order valence-corrected chi connectivity index (χ4v) is 2.91. The first-order valence-corrected chi connectivity index (χ1v) is 8.16. The Labute approximate surface area is 153 Å². The van der Waals surface area contributed by atoms with E-state index >= 15 is 0 Å². The van der Waals surface area contributed by atoms with E-state index < -0.39 is 23.2 Å². The maximum atomic E-state index is 12.9. The Morgan fingerprint density at radius 1 is 1.19 bits per heavy atom. The number of nitrogens with one attached hydrogen (secondary N) is 1. The van der Waals surface area contributed by atoms with Crippen molar-refractivity contribution in [2.45, 2.75) is 12.7 Å². The highest BCUT2D eigenvalue weighted by molar-refractivity contribution is 9.10. The van der Waals surface area contributed by atoms with Crippen LogP contribution in [0.5, 0.6) is 0 Å². The van der Waals surface area contributed by atoms with Crippen LogP contribution in [0.2, 0.25) is 0 Å². The van der Waals surface area contributed by atoms with Crippen LogP contribution in [0, 0.1) is 0 Å². The van der Waals surface area contributed by atoms with Crippen LogP contribution in [0.1, 0.15) is 5.56 Å². The van der Waals surface area contributed by atoms with Gasteiger partial charge < -0.3 is 5.32 Å². The molecular formula is C17H11BrF3N3O2. The fourth-order valence-electron chi connectivity index (χ4n) is 2.44. The molecule has 0 atom stereocenters. The minimum absolute atomic E-state index is 0.0167. The number of anilines is 1. The van der Waals surface area contributed by atoms with E-state index in [1.54, 1.807) is 24.3 Å². The highest BCUT2D eigenvalue weighted by Crippen LogP contribution is 2.36. The van der Waals surface area contributed by atoms with Crippen LogP contribution in [-0.2, 0) is 17.5 Å². The zero-order chi connectivity index (χ0) is 18.9. The van der Waals surface area contributed by atoms with Gasteiger partial charge in [-0.15, -0.1) is 0 Å². The molecule has 0 unspecified atom stereocenters. The molecule has 0 fully saturated rings. The largest absolute Gasteiger partial charge is 0.417 e. The summed E-state index contributed by atoms with van der Waals surface area (Å²) >= 11 is 2.84. The molecule has 134 valence electrons. The molecule has 3 aromatic rings. The Morgan fingerprint density at radius 2 is 1.92 bits per heavy atom. The number of alkyl halides is 3. The van der Waals surface area contributed by atoms with Crippen LogP contribution in [0.15, 0.2) is 57.9 Å². The van der Waals surface area contributed by atoms with Crippen molar-refractivity contribution in [1.82, 2.24) is 9.55 Å². The summed E-state index contributed by atoms with van der Waals surface area (Å²) in [6.45, 7) is -0.348. The SMILES string of the molecule is O=C(Cn1c(=O)cnc2ccccc21)Nc1ccc(Br)c(C(F)(F)F)c1. The zero-order valence-electron chi connectivity index (χ0n) is 13.0. The third-order valence-electron chi connectivity index (χ3n) is 3.61. The van der Waals surface area contributed by atoms with Crippen LogP contribution in [-0.4, -0.2) is 15.5 Å². The van der Waals surface area contributed by atoms with Crippen molar-refractivity contribution in [3.63, 3.8) is 0 Å². The minimum atomic E-state index is -4.56. The van der Waals surface area contributed by atoms with Gasteiger partial charge in [-0.3, -0.25) is 14.2 Å². The number of para-hydroxylation sites is 2. The zero-order valence-corrected chi connectivity index (χ0v) is 14.6. The number of amides is 1. The number of hydrogen-bond donors (Lipinski definition) is 1. The molecule has 0 radical (unpaired) electrons. The van der Waals surface area contributed by atoms with Crippen molar-refractivity contribution in [2.24, 2.45) is 0 Å². The molecule has 0 aliphatic rings. The van der Waals surface area contributed by atoms with Gasteiger partial charge in [0.15, 0.2) is 0 Å². The van der Waals surface area contributed by atoms with Crippen molar-refractivity contribution in [3.8, 4) is 0 Å². The summed E-state index contributed by atoms with van der Waals surface area (Å²) in [5, 5.41) is 2.38. The Bertz CT molecular complexity index is 1050. The lowest BCUT2D eigenvalue weighted by molar-refractivity contribution is -0.138. The average Bonchev–Trinajstić information content (AvgIpc) is 2.58. The summed E-state index contributed by atoms with van der Waals surface area (Å²) in [4.78, 5) is 28.2. The smallest absolute Gasteiger partial charge is 0.325 e. The predicted molar refractivity (Wildman–Crippen MR) is 93.8 cm³/mol. The van der Waals surface area contributed by atoms with Crippen molar-refractivity contribution in [2.75, 3.05) is 5.32 Å². The minimum Gasteiger partial charge on any atom is -0.325 e. The first kappa shape index (κ1) is 18.1. The fraction of sp³-hybridized carbons (Fsp3) is 0.118. The molecule has 0 saturated heterocycles. The van der Waals surface area contributed by atoms with Gasteiger partial charge in [0.2, 0.25) is 5.91 Å². The molecule has 1 heterocycles. The summed E-state index contributed by atoms with van der Waals surface area (Å²) in [6, 6.07) is 10.1. The van der Waals surface area contributed by atoms with Crippen molar-refractivity contribution in [1.29, 1.82) is 0 Å². The summed E-state index contributed by atoms with van der Waals surface area (Å²) < 4.78 is 39.9. The summed E-state index contributed by atoms with van der Waals surface area (Å²) in [5.41, 5.74) is -0.408. The van der Waals surface area contributed by atoms with Crippen LogP contribution < -0.4 is 10.9 Å². The second-order valence-corrected chi connectivity index (χ2v) is 6.27. The molecular weight excluding hydrogens is 415 g/mol. The third kappa shape index (κ3) is 3.77. The van der Waals surface area contributed by atoms with E-state index in [2.05, 4.69) is 26.2 Å². The lowest BCUT2D eigenvalue weighted by Gasteiger charge is -2.13. The van der Waals surface area contributed by atoms with Crippen LogP contribution in [0.25, 0.3) is 11.0 Å². The standard InChI is InChI=1S/C17H11BrF3N3O2/c18-12-6-5-10(7-11(12)17(19,20)21)23-15(25)9-24-14-4-2-1-3-13(14)22-8-16(24)26/h1-8H,9H2,(H,23,25). The number of fused-ring (bicyclic) bond motifs is 1. The van der Waals surface area contributed by atoms with Gasteiger partial charge in [0.05, 0.1) is 22.8 Å². The number of aromatic nitrogens is 2. The first-order chi connectivity index (χ1) is 12.3. The molecule has 1 amide bonds. The van der Waals surface area contributed by atoms with Gasteiger partial charge >= 0.3 is 6.18 Å². The summed E-state index contributed by atoms with van der Waals surface area (Å²) in [5.74, 6) is -0.626. The number of nitrogens with zero attached hydrogens (tertiary/aromatic N) is 2. The first-order valence-electron chi connectivity index (χ1n) is 7.37. The molecule has 2 aromatic carbocycles. The molecule has 0 aliphatic heterocycles. The number of hydrogen-bond acceptors (Lipinski definition) is 3. The molecule has 9 heteroatoms. The van der Waals surface area contributed by atoms with E-state index in [-0.39, 0.29) is 16.7 Å². The van der Waals surface area contributed by atoms with E-state index in [1.165, 1.54) is 16.7 Å². The summed E-state index contributed by atoms with van der Waals surface area (Å²) in [7, 11) is 0. The van der Waals surface area contributed by atoms with Crippen molar-refractivity contribution in [3.05, 3.63) is 69.1 Å². The normalized spacial score (nSPS) is 11.5. The monoisotopic (exact) mass is 425 g/mol. The van der Waals surface area contributed by atoms with Gasteiger partial charge in [0.1, 0.15) is 6.54 Å². The number of rotatable bonds is 3. The maximum Gasteiger partial charge on any atom is 0.417 e. The Morgan fingerprint density at radius 3 is 2.65 bits per heavy atom. The van der Waals surface area contributed by atoms with Crippen LogP contribution in [0.4, 0.5) is 18.9 Å². The van der Waals surface area contributed by atoms with E-state index in [1.807, 2.05) is 0 Å². The van der Waals surface area contributed by atoms with Gasteiger partial charge in [-0.05, 0) is 30.3 Å². The Kier molecular flexibility index (Phi) is 4.82. The van der Waals surface area contributed by atoms with Crippen LogP contribution >= 0.6 is 15.9 Å². The highest BCUT2D eigenvalue weighted by atomic mass is 79.9. The van der Waals surface area contributed by atoms with E-state index in [9.17, 15) is 22.8 Å². The second-order valence-electron chi connectivity index (χ2n) is 5.41. The highest BCUT2D eigenvalue weighted by Gasteiger charge is 2.33. The van der Waals surface area contributed by atoms with Gasteiger partial charge in [0.25, 0.3) is 5.56 Å². The number of benzene rings is 2. The number of halogens is 4. The number of carbonyl (C=O) groups excluding carboxylic acids is 1. The molecule has 0 bridgehead atoms. The van der Waals surface area contributed by atoms with E-state index in [0.717, 1.165) is 12.3 Å². The van der Waals surface area contributed by atoms with E-state index in [0.29, 0.717) is 11.0 Å². The van der Waals surface area contributed by atoms with Gasteiger partial charge in [-0.25, -0.2) is 4.98 Å². The second kappa shape index (κ2) is 6.91. The maximum absolute atomic E-state index is 12.9. The molecule has 0 spiro atoms. The Hall–Kier alpha value is -2.68. The van der Waals surface area contributed by atoms with Crippen molar-refractivity contribution < 1.29 is 18.0 Å². The van der Waals surface area contributed by atoms with Gasteiger partial charge in [-0.2, -0.15) is 13.2 Å². The molecule has 1 N–H and O–H groups in total. The lowest BCUT2D eigenvalue weighted by atomic mass is 10.2. The third-order valence-corrected chi connectivity index (χ3v) is 4.30. The van der Waals surface area contributed by atoms with Crippen LogP contribution in [0.3, 0.4) is 0 Å². The molecule has 26 heavy (non-hydrogen) atoms. The van der Waals surface area contributed by atoms with E-state index in [4.69, 9.17) is 0 Å². The molecule has 0 saturated carbocycles. The predicted octanol–water partition coefficient (Wildman–Crippen LogP) is 3.82. The Balaban J connectivity index is 1.87. The number of carbonyl (C=O) groups is 1. The van der Waals surface area contributed by atoms with Gasteiger partial charge in [-0.1, -0.05) is 28.1 Å². The quantitative estimate of drug-likeness (QED) is 0.693.